The summed E-state index contributed by atoms with van der Waals surface area (Å²) in [6.45, 7) is 0. The molecule has 0 saturated heterocycles. The van der Waals surface area contributed by atoms with Gasteiger partial charge in [-0.1, -0.05) is 18.2 Å². The molecule has 1 amide bonds. The van der Waals surface area contributed by atoms with Crippen molar-refractivity contribution in [2.45, 2.75) is 31.3 Å². The van der Waals surface area contributed by atoms with Crippen molar-refractivity contribution in [3.05, 3.63) is 35.9 Å². The predicted octanol–water partition coefficient (Wildman–Crippen LogP) is 1.63. The van der Waals surface area contributed by atoms with Gasteiger partial charge in [0.25, 0.3) is 11.9 Å². The molecule has 0 aromatic heterocycles. The average Bonchev–Trinajstić information content (AvgIpc) is 2.58. The summed E-state index contributed by atoms with van der Waals surface area (Å²) in [4.78, 5) is 23.4. The highest BCUT2D eigenvalue weighted by Crippen LogP contribution is 2.20. The van der Waals surface area contributed by atoms with E-state index in [0.717, 1.165) is 0 Å². The molecule has 0 aliphatic rings. The van der Waals surface area contributed by atoms with Crippen LogP contribution in [0.5, 0.6) is 0 Å². The van der Waals surface area contributed by atoms with E-state index in [2.05, 4.69) is 5.32 Å². The van der Waals surface area contributed by atoms with Gasteiger partial charge >= 0.3 is 5.97 Å². The molecule has 0 fully saturated rings. The molecule has 0 radical (unpaired) electrons. The van der Waals surface area contributed by atoms with Gasteiger partial charge in [-0.05, 0) is 25.0 Å². The van der Waals surface area contributed by atoms with E-state index in [1.807, 2.05) is 0 Å². The fourth-order valence-electron chi connectivity index (χ4n) is 2.17. The van der Waals surface area contributed by atoms with Crippen molar-refractivity contribution in [2.75, 3.05) is 21.3 Å². The highest BCUT2D eigenvalue weighted by molar-refractivity contribution is 5.96. The summed E-state index contributed by atoms with van der Waals surface area (Å²) in [5, 5.41) is 11.8. The number of hydrogen-bond acceptors (Lipinski definition) is 5. The van der Waals surface area contributed by atoms with Crippen LogP contribution < -0.4 is 5.32 Å². The Kier molecular flexibility index (Phi) is 7.67. The van der Waals surface area contributed by atoms with E-state index in [1.165, 1.54) is 21.3 Å². The summed E-state index contributed by atoms with van der Waals surface area (Å²) < 4.78 is 15.4. The Morgan fingerprint density at radius 2 is 1.70 bits per heavy atom. The van der Waals surface area contributed by atoms with Crippen molar-refractivity contribution in [2.24, 2.45) is 0 Å². The molecule has 2 N–H and O–H groups in total. The number of aliphatic carboxylic acids is 1. The number of ether oxygens (including phenoxy) is 3. The van der Waals surface area contributed by atoms with Crippen LogP contribution in [0.1, 0.15) is 29.6 Å². The molecule has 0 saturated carbocycles. The fraction of sp³-hybridized carbons (Fsp3) is 0.500. The third-order valence-corrected chi connectivity index (χ3v) is 3.55. The van der Waals surface area contributed by atoms with Crippen LogP contribution in [0.15, 0.2) is 30.3 Å². The molecule has 1 aromatic rings. The number of methoxy groups -OCH3 is 3. The lowest BCUT2D eigenvalue weighted by molar-refractivity contribution is -0.355. The molecule has 0 bridgehead atoms. The van der Waals surface area contributed by atoms with Crippen LogP contribution in [0.25, 0.3) is 0 Å². The molecular weight excluding hydrogens is 302 g/mol. The molecule has 0 aliphatic heterocycles. The highest BCUT2D eigenvalue weighted by Gasteiger charge is 2.30. The van der Waals surface area contributed by atoms with E-state index in [1.54, 1.807) is 30.3 Å². The van der Waals surface area contributed by atoms with Crippen molar-refractivity contribution in [1.82, 2.24) is 5.32 Å². The molecule has 0 aliphatic carbocycles. The number of benzene rings is 1. The van der Waals surface area contributed by atoms with E-state index < -0.39 is 23.9 Å². The van der Waals surface area contributed by atoms with Crippen molar-refractivity contribution >= 4 is 11.9 Å². The Balaban J connectivity index is 2.59. The van der Waals surface area contributed by atoms with Crippen molar-refractivity contribution in [3.8, 4) is 0 Å². The summed E-state index contributed by atoms with van der Waals surface area (Å²) >= 11 is 0. The second-order valence-corrected chi connectivity index (χ2v) is 4.92. The molecule has 7 nitrogen and oxygen atoms in total. The summed E-state index contributed by atoms with van der Waals surface area (Å²) in [5.41, 5.74) is 0.416. The molecule has 128 valence electrons. The number of nitrogens with one attached hydrogen (secondary N) is 1. The van der Waals surface area contributed by atoms with Gasteiger partial charge in [-0.15, -0.1) is 0 Å². The monoisotopic (exact) mass is 325 g/mol. The topological polar surface area (TPSA) is 94.1 Å². The molecule has 1 rings (SSSR count). The van der Waals surface area contributed by atoms with Gasteiger partial charge in [-0.2, -0.15) is 0 Å². The van der Waals surface area contributed by atoms with E-state index in [4.69, 9.17) is 14.2 Å². The van der Waals surface area contributed by atoms with Gasteiger partial charge in [0.05, 0.1) is 0 Å². The standard InChI is InChI=1S/C16H23NO6/c1-21-16(22-2,23-3)11-7-10-13(15(19)20)17-14(18)12-8-5-4-6-9-12/h4-6,8-9,13H,7,10-11H2,1-3H3,(H,17,18)(H,19,20). The van der Waals surface area contributed by atoms with Gasteiger partial charge in [0.1, 0.15) is 6.04 Å². The first-order valence-corrected chi connectivity index (χ1v) is 7.22. The Hall–Kier alpha value is -1.96. The zero-order valence-corrected chi connectivity index (χ0v) is 13.6. The molecule has 0 spiro atoms. The fourth-order valence-corrected chi connectivity index (χ4v) is 2.17. The van der Waals surface area contributed by atoms with Gasteiger partial charge in [-0.3, -0.25) is 4.79 Å². The highest BCUT2D eigenvalue weighted by atomic mass is 16.9. The van der Waals surface area contributed by atoms with Crippen molar-refractivity contribution in [1.29, 1.82) is 0 Å². The molecule has 1 unspecified atom stereocenters. The maximum absolute atomic E-state index is 12.0. The Morgan fingerprint density at radius 3 is 2.17 bits per heavy atom. The lowest BCUT2D eigenvalue weighted by Gasteiger charge is -2.29. The second-order valence-electron chi connectivity index (χ2n) is 4.92. The van der Waals surface area contributed by atoms with Gasteiger partial charge in [-0.25, -0.2) is 4.79 Å². The van der Waals surface area contributed by atoms with Crippen LogP contribution in [0.2, 0.25) is 0 Å². The minimum absolute atomic E-state index is 0.228. The lowest BCUT2D eigenvalue weighted by Crippen LogP contribution is -2.41. The molecular formula is C16H23NO6. The Bertz CT molecular complexity index is 492. The van der Waals surface area contributed by atoms with E-state index in [9.17, 15) is 14.7 Å². The van der Waals surface area contributed by atoms with Crippen molar-refractivity contribution in [3.63, 3.8) is 0 Å². The van der Waals surface area contributed by atoms with E-state index in [0.29, 0.717) is 18.4 Å². The number of carbonyl (C=O) groups excluding carboxylic acids is 1. The SMILES string of the molecule is COC(CCCC(NC(=O)c1ccccc1)C(=O)O)(OC)OC. The molecule has 23 heavy (non-hydrogen) atoms. The number of hydrogen-bond donors (Lipinski definition) is 2. The minimum Gasteiger partial charge on any atom is -0.480 e. The number of carboxylic acids is 1. The number of carboxylic acid groups (broad SMARTS) is 1. The van der Waals surface area contributed by atoms with E-state index in [-0.39, 0.29) is 6.42 Å². The largest absolute Gasteiger partial charge is 0.480 e. The van der Waals surface area contributed by atoms with Gasteiger partial charge in [0.2, 0.25) is 0 Å². The molecule has 1 atom stereocenters. The lowest BCUT2D eigenvalue weighted by atomic mass is 10.1. The van der Waals surface area contributed by atoms with Crippen LogP contribution in [-0.4, -0.2) is 50.3 Å². The summed E-state index contributed by atoms with van der Waals surface area (Å²) in [5.74, 6) is -2.71. The first-order valence-electron chi connectivity index (χ1n) is 7.22. The van der Waals surface area contributed by atoms with E-state index >= 15 is 0 Å². The van der Waals surface area contributed by atoms with Gasteiger partial charge in [0.15, 0.2) is 0 Å². The first-order chi connectivity index (χ1) is 11.0. The maximum atomic E-state index is 12.0. The van der Waals surface area contributed by atoms with Crippen LogP contribution >= 0.6 is 0 Å². The summed E-state index contributed by atoms with van der Waals surface area (Å²) in [6, 6.07) is 7.47. The normalized spacial score (nSPS) is 12.7. The second kappa shape index (κ2) is 9.24. The number of rotatable bonds is 10. The van der Waals surface area contributed by atoms with Crippen LogP contribution in [0.4, 0.5) is 0 Å². The molecule has 7 heteroatoms. The zero-order chi connectivity index (χ0) is 17.3. The quantitative estimate of drug-likeness (QED) is 0.635. The third kappa shape index (κ3) is 5.63. The predicted molar refractivity (Wildman–Crippen MR) is 82.9 cm³/mol. The third-order valence-electron chi connectivity index (χ3n) is 3.55. The number of carbonyl (C=O) groups is 2. The smallest absolute Gasteiger partial charge is 0.326 e. The zero-order valence-electron chi connectivity index (χ0n) is 13.6. The average molecular weight is 325 g/mol. The van der Waals surface area contributed by atoms with Crippen LogP contribution in [0.3, 0.4) is 0 Å². The summed E-state index contributed by atoms with van der Waals surface area (Å²) in [7, 11) is 4.33. The van der Waals surface area contributed by atoms with Crippen LogP contribution in [-0.2, 0) is 19.0 Å². The Morgan fingerprint density at radius 1 is 1.13 bits per heavy atom. The summed E-state index contributed by atoms with van der Waals surface area (Å²) in [6.07, 6.45) is 0.995. The van der Waals surface area contributed by atoms with Crippen molar-refractivity contribution < 1.29 is 28.9 Å². The number of amides is 1. The Labute approximate surface area is 135 Å². The van der Waals surface area contributed by atoms with Gasteiger partial charge in [0, 0.05) is 33.3 Å². The van der Waals surface area contributed by atoms with Crippen LogP contribution in [0, 0.1) is 0 Å². The molecule has 1 aromatic carbocycles. The minimum atomic E-state index is -1.20. The van der Waals surface area contributed by atoms with Gasteiger partial charge < -0.3 is 24.6 Å². The molecule has 0 heterocycles. The maximum Gasteiger partial charge on any atom is 0.326 e. The first kappa shape index (κ1) is 19.1.